The Balaban J connectivity index is 1.61. The fourth-order valence-corrected chi connectivity index (χ4v) is 2.55. The average molecular weight is 286 g/mol. The Kier molecular flexibility index (Phi) is 3.81. The van der Waals surface area contributed by atoms with Crippen LogP contribution in [0, 0.1) is 5.92 Å². The van der Waals surface area contributed by atoms with Crippen LogP contribution in [0.25, 0.3) is 0 Å². The normalized spacial score (nSPS) is 16.7. The van der Waals surface area contributed by atoms with Gasteiger partial charge < -0.3 is 19.8 Å². The first kappa shape index (κ1) is 13.5. The van der Waals surface area contributed by atoms with Crippen LogP contribution in [0.2, 0.25) is 0 Å². The Morgan fingerprint density at radius 3 is 3.14 bits per heavy atom. The van der Waals surface area contributed by atoms with E-state index < -0.39 is 0 Å². The molecule has 2 N–H and O–H groups in total. The fourth-order valence-electron chi connectivity index (χ4n) is 2.55. The van der Waals surface area contributed by atoms with E-state index in [1.807, 2.05) is 18.2 Å². The number of rotatable bonds is 4. The predicted octanol–water partition coefficient (Wildman–Crippen LogP) is 2.00. The highest BCUT2D eigenvalue weighted by Crippen LogP contribution is 2.35. The van der Waals surface area contributed by atoms with Gasteiger partial charge in [0.05, 0.1) is 19.3 Å². The summed E-state index contributed by atoms with van der Waals surface area (Å²) in [7, 11) is 1.64. The quantitative estimate of drug-likeness (QED) is 0.903. The molecule has 0 saturated carbocycles. The number of amides is 1. The number of fused-ring (bicyclic) bond motifs is 1. The molecule has 2 heterocycles. The molecule has 0 spiro atoms. The van der Waals surface area contributed by atoms with E-state index >= 15 is 0 Å². The molecule has 5 nitrogen and oxygen atoms in total. The lowest BCUT2D eigenvalue weighted by atomic mass is 9.96. The van der Waals surface area contributed by atoms with E-state index in [1.54, 1.807) is 25.6 Å². The summed E-state index contributed by atoms with van der Waals surface area (Å²) in [5.41, 5.74) is 1.77. The summed E-state index contributed by atoms with van der Waals surface area (Å²) < 4.78 is 11.1. The molecule has 5 heteroatoms. The topological polar surface area (TPSA) is 63.4 Å². The van der Waals surface area contributed by atoms with E-state index in [-0.39, 0.29) is 11.8 Å². The van der Waals surface area contributed by atoms with Gasteiger partial charge in [0.25, 0.3) is 5.91 Å². The molecule has 0 bridgehead atoms. The van der Waals surface area contributed by atoms with Crippen molar-refractivity contribution in [2.75, 3.05) is 20.3 Å². The van der Waals surface area contributed by atoms with E-state index in [0.717, 1.165) is 23.5 Å². The number of H-pyrrole nitrogens is 1. The smallest absolute Gasteiger partial charge is 0.252 e. The highest BCUT2D eigenvalue weighted by atomic mass is 16.5. The van der Waals surface area contributed by atoms with Crippen LogP contribution in [0.1, 0.15) is 15.9 Å². The first-order valence-corrected chi connectivity index (χ1v) is 6.97. The minimum absolute atomic E-state index is 0.0623. The number of aromatic nitrogens is 1. The summed E-state index contributed by atoms with van der Waals surface area (Å²) in [6, 6.07) is 7.65. The van der Waals surface area contributed by atoms with Crippen molar-refractivity contribution < 1.29 is 14.3 Å². The van der Waals surface area contributed by atoms with Crippen LogP contribution in [0.15, 0.2) is 36.7 Å². The Hall–Kier alpha value is -2.43. The molecule has 1 atom stereocenters. The number of benzene rings is 1. The van der Waals surface area contributed by atoms with Gasteiger partial charge in [0.2, 0.25) is 0 Å². The standard InChI is InChI=1S/C16H18N2O3/c1-20-14-4-2-3-12-7-11(10-21-15(12)14)8-18-16(19)13-5-6-17-9-13/h2-6,9,11,17H,7-8,10H2,1H3,(H,18,19)/t11-/m1/s1. The van der Waals surface area contributed by atoms with E-state index in [2.05, 4.69) is 10.3 Å². The molecule has 1 aliphatic heterocycles. The maximum Gasteiger partial charge on any atom is 0.252 e. The third-order valence-corrected chi connectivity index (χ3v) is 3.66. The van der Waals surface area contributed by atoms with Gasteiger partial charge in [-0.3, -0.25) is 4.79 Å². The Morgan fingerprint density at radius 1 is 1.48 bits per heavy atom. The molecule has 21 heavy (non-hydrogen) atoms. The summed E-state index contributed by atoms with van der Waals surface area (Å²) in [5, 5.41) is 2.94. The molecule has 0 saturated heterocycles. The van der Waals surface area contributed by atoms with Crippen LogP contribution in [0.5, 0.6) is 11.5 Å². The zero-order valence-corrected chi connectivity index (χ0v) is 11.9. The predicted molar refractivity (Wildman–Crippen MR) is 78.8 cm³/mol. The molecule has 0 unspecified atom stereocenters. The third kappa shape index (κ3) is 2.86. The first-order chi connectivity index (χ1) is 10.3. The van der Waals surface area contributed by atoms with Crippen LogP contribution < -0.4 is 14.8 Å². The fraction of sp³-hybridized carbons (Fsp3) is 0.312. The number of hydrogen-bond acceptors (Lipinski definition) is 3. The summed E-state index contributed by atoms with van der Waals surface area (Å²) in [6.45, 7) is 1.18. The van der Waals surface area contributed by atoms with Crippen molar-refractivity contribution in [3.63, 3.8) is 0 Å². The number of hydrogen-bond donors (Lipinski definition) is 2. The SMILES string of the molecule is COc1cccc2c1OC[C@@H](CNC(=O)c1cc[nH]c1)C2. The summed E-state index contributed by atoms with van der Waals surface area (Å²) in [4.78, 5) is 14.8. The minimum Gasteiger partial charge on any atom is -0.493 e. The lowest BCUT2D eigenvalue weighted by molar-refractivity contribution is 0.0938. The number of nitrogens with one attached hydrogen (secondary N) is 2. The molecule has 1 aliphatic rings. The second-order valence-electron chi connectivity index (χ2n) is 5.14. The van der Waals surface area contributed by atoms with Crippen molar-refractivity contribution >= 4 is 5.91 Å². The van der Waals surface area contributed by atoms with Gasteiger partial charge in [-0.1, -0.05) is 12.1 Å². The molecule has 0 aliphatic carbocycles. The molecule has 2 aromatic rings. The highest BCUT2D eigenvalue weighted by molar-refractivity contribution is 5.93. The lowest BCUT2D eigenvalue weighted by Crippen LogP contribution is -2.34. The van der Waals surface area contributed by atoms with Gasteiger partial charge in [-0.25, -0.2) is 0 Å². The Bertz CT molecular complexity index is 622. The largest absolute Gasteiger partial charge is 0.493 e. The second-order valence-corrected chi connectivity index (χ2v) is 5.14. The first-order valence-electron chi connectivity index (χ1n) is 6.97. The van der Waals surface area contributed by atoms with Crippen molar-refractivity contribution in [2.24, 2.45) is 5.92 Å². The maximum atomic E-state index is 11.9. The zero-order chi connectivity index (χ0) is 14.7. The molecule has 1 aromatic heterocycles. The number of carbonyl (C=O) groups is 1. The Morgan fingerprint density at radius 2 is 2.38 bits per heavy atom. The number of ether oxygens (including phenoxy) is 2. The molecular formula is C16H18N2O3. The van der Waals surface area contributed by atoms with E-state index in [0.29, 0.717) is 18.7 Å². The van der Waals surface area contributed by atoms with Crippen molar-refractivity contribution in [1.29, 1.82) is 0 Å². The molecule has 110 valence electrons. The average Bonchev–Trinajstić information content (AvgIpc) is 3.06. The van der Waals surface area contributed by atoms with Gasteiger partial charge in [-0.2, -0.15) is 0 Å². The number of carbonyl (C=O) groups excluding carboxylic acids is 1. The van der Waals surface area contributed by atoms with Gasteiger partial charge in [-0.15, -0.1) is 0 Å². The number of aromatic amines is 1. The summed E-state index contributed by atoms with van der Waals surface area (Å²) in [5.74, 6) is 1.80. The van der Waals surface area contributed by atoms with Crippen LogP contribution in [0.3, 0.4) is 0 Å². The minimum atomic E-state index is -0.0623. The number of para-hydroxylation sites is 1. The van der Waals surface area contributed by atoms with E-state index in [1.165, 1.54) is 0 Å². The molecule has 0 radical (unpaired) electrons. The van der Waals surface area contributed by atoms with E-state index in [4.69, 9.17) is 9.47 Å². The van der Waals surface area contributed by atoms with Crippen molar-refractivity contribution in [2.45, 2.75) is 6.42 Å². The van der Waals surface area contributed by atoms with Gasteiger partial charge in [0.15, 0.2) is 11.5 Å². The Labute approximate surface area is 123 Å². The highest BCUT2D eigenvalue weighted by Gasteiger charge is 2.23. The molecule has 0 fully saturated rings. The summed E-state index contributed by atoms with van der Waals surface area (Å²) >= 11 is 0. The zero-order valence-electron chi connectivity index (χ0n) is 11.9. The third-order valence-electron chi connectivity index (χ3n) is 3.66. The van der Waals surface area contributed by atoms with Crippen LogP contribution in [-0.4, -0.2) is 31.2 Å². The summed E-state index contributed by atoms with van der Waals surface area (Å²) in [6.07, 6.45) is 4.30. The van der Waals surface area contributed by atoms with Crippen LogP contribution in [0.4, 0.5) is 0 Å². The van der Waals surface area contributed by atoms with Crippen molar-refractivity contribution in [1.82, 2.24) is 10.3 Å². The van der Waals surface area contributed by atoms with Gasteiger partial charge in [-0.05, 0) is 24.1 Å². The van der Waals surface area contributed by atoms with Crippen LogP contribution >= 0.6 is 0 Å². The number of methoxy groups -OCH3 is 1. The van der Waals surface area contributed by atoms with Crippen molar-refractivity contribution in [3.05, 3.63) is 47.8 Å². The lowest BCUT2D eigenvalue weighted by Gasteiger charge is -2.26. The van der Waals surface area contributed by atoms with Crippen molar-refractivity contribution in [3.8, 4) is 11.5 Å². The van der Waals surface area contributed by atoms with Gasteiger partial charge in [0.1, 0.15) is 0 Å². The molecule has 1 amide bonds. The molecule has 1 aromatic carbocycles. The van der Waals surface area contributed by atoms with Gasteiger partial charge in [0, 0.05) is 24.9 Å². The van der Waals surface area contributed by atoms with Gasteiger partial charge >= 0.3 is 0 Å². The molecular weight excluding hydrogens is 268 g/mol. The maximum absolute atomic E-state index is 11.9. The van der Waals surface area contributed by atoms with Crippen LogP contribution in [-0.2, 0) is 6.42 Å². The molecule has 3 rings (SSSR count). The van der Waals surface area contributed by atoms with E-state index in [9.17, 15) is 4.79 Å². The second kappa shape index (κ2) is 5.91. The monoisotopic (exact) mass is 286 g/mol.